The second kappa shape index (κ2) is 6.11. The van der Waals surface area contributed by atoms with Crippen molar-refractivity contribution in [3.05, 3.63) is 28.8 Å². The Morgan fingerprint density at radius 3 is 2.74 bits per heavy atom. The predicted octanol–water partition coefficient (Wildman–Crippen LogP) is 2.53. The van der Waals surface area contributed by atoms with Gasteiger partial charge in [0.25, 0.3) is 0 Å². The standard InChI is InChI=1S/C13H19ClN2O2S/c1-10-3-4-12(9-13(10)14)16-19(17,18)8-2-7-15-11-5-6-11/h3-4,9,11,15-16H,2,5-8H2,1H3. The van der Waals surface area contributed by atoms with Crippen LogP contribution in [0.15, 0.2) is 18.2 Å². The van der Waals surface area contributed by atoms with Crippen molar-refractivity contribution in [1.82, 2.24) is 5.32 Å². The van der Waals surface area contributed by atoms with Crippen LogP contribution >= 0.6 is 11.6 Å². The van der Waals surface area contributed by atoms with Crippen LogP contribution in [0.3, 0.4) is 0 Å². The van der Waals surface area contributed by atoms with Crippen molar-refractivity contribution < 1.29 is 8.42 Å². The molecule has 4 nitrogen and oxygen atoms in total. The highest BCUT2D eigenvalue weighted by atomic mass is 35.5. The van der Waals surface area contributed by atoms with E-state index in [4.69, 9.17) is 11.6 Å². The number of anilines is 1. The molecular formula is C13H19ClN2O2S. The van der Waals surface area contributed by atoms with Crippen molar-refractivity contribution in [2.24, 2.45) is 0 Å². The fraction of sp³-hybridized carbons (Fsp3) is 0.538. The molecule has 0 aliphatic heterocycles. The van der Waals surface area contributed by atoms with Gasteiger partial charge in [-0.2, -0.15) is 0 Å². The first kappa shape index (κ1) is 14.6. The maximum Gasteiger partial charge on any atom is 0.232 e. The molecule has 1 aromatic rings. The number of sulfonamides is 1. The molecule has 0 amide bonds. The minimum atomic E-state index is -3.29. The van der Waals surface area contributed by atoms with Gasteiger partial charge in [0.1, 0.15) is 0 Å². The van der Waals surface area contributed by atoms with Crippen molar-refractivity contribution in [2.45, 2.75) is 32.2 Å². The number of hydrogen-bond acceptors (Lipinski definition) is 3. The Morgan fingerprint density at radius 2 is 2.11 bits per heavy atom. The normalized spacial score (nSPS) is 15.5. The highest BCUT2D eigenvalue weighted by molar-refractivity contribution is 7.92. The average molecular weight is 303 g/mol. The topological polar surface area (TPSA) is 58.2 Å². The molecule has 0 spiro atoms. The monoisotopic (exact) mass is 302 g/mol. The van der Waals surface area contributed by atoms with E-state index in [0.29, 0.717) is 23.2 Å². The second-order valence-electron chi connectivity index (χ2n) is 4.97. The largest absolute Gasteiger partial charge is 0.314 e. The molecule has 1 aromatic carbocycles. The van der Waals surface area contributed by atoms with Gasteiger partial charge in [0.15, 0.2) is 0 Å². The zero-order valence-electron chi connectivity index (χ0n) is 10.9. The summed E-state index contributed by atoms with van der Waals surface area (Å²) in [4.78, 5) is 0. The van der Waals surface area contributed by atoms with E-state index >= 15 is 0 Å². The first-order valence-electron chi connectivity index (χ1n) is 6.46. The number of hydrogen-bond donors (Lipinski definition) is 2. The molecule has 0 saturated heterocycles. The first-order valence-corrected chi connectivity index (χ1v) is 8.49. The van der Waals surface area contributed by atoms with Crippen LogP contribution in [0.2, 0.25) is 5.02 Å². The third-order valence-corrected chi connectivity index (χ3v) is 4.83. The maximum absolute atomic E-state index is 11.9. The Kier molecular flexibility index (Phi) is 4.71. The minimum absolute atomic E-state index is 0.123. The highest BCUT2D eigenvalue weighted by Gasteiger charge is 2.20. The van der Waals surface area contributed by atoms with Gasteiger partial charge in [0.2, 0.25) is 10.0 Å². The summed E-state index contributed by atoms with van der Waals surface area (Å²) in [5.74, 6) is 0.123. The van der Waals surface area contributed by atoms with Crippen molar-refractivity contribution in [2.75, 3.05) is 17.0 Å². The molecule has 1 fully saturated rings. The average Bonchev–Trinajstić information content (AvgIpc) is 3.13. The van der Waals surface area contributed by atoms with Crippen LogP contribution in [-0.2, 0) is 10.0 Å². The smallest absolute Gasteiger partial charge is 0.232 e. The molecule has 0 unspecified atom stereocenters. The van der Waals surface area contributed by atoms with Crippen molar-refractivity contribution in [1.29, 1.82) is 0 Å². The summed E-state index contributed by atoms with van der Waals surface area (Å²) in [7, 11) is -3.29. The number of aryl methyl sites for hydroxylation is 1. The van der Waals surface area contributed by atoms with E-state index in [1.807, 2.05) is 6.92 Å². The molecule has 2 N–H and O–H groups in total. The third-order valence-electron chi connectivity index (χ3n) is 3.05. The second-order valence-corrected chi connectivity index (χ2v) is 7.22. The van der Waals surface area contributed by atoms with Gasteiger partial charge in [-0.1, -0.05) is 17.7 Å². The fourth-order valence-electron chi connectivity index (χ4n) is 1.74. The molecule has 0 atom stereocenters. The Bertz CT molecular complexity index is 542. The van der Waals surface area contributed by atoms with Gasteiger partial charge in [-0.3, -0.25) is 4.72 Å². The van der Waals surface area contributed by atoms with Crippen LogP contribution in [-0.4, -0.2) is 26.8 Å². The van der Waals surface area contributed by atoms with Crippen LogP contribution in [0.5, 0.6) is 0 Å². The Balaban J connectivity index is 1.82. The summed E-state index contributed by atoms with van der Waals surface area (Å²) in [5.41, 5.74) is 1.45. The van der Waals surface area contributed by atoms with Crippen LogP contribution in [0, 0.1) is 6.92 Å². The Morgan fingerprint density at radius 1 is 1.37 bits per heavy atom. The van der Waals surface area contributed by atoms with Crippen molar-refractivity contribution in [3.8, 4) is 0 Å². The molecule has 0 radical (unpaired) electrons. The zero-order valence-corrected chi connectivity index (χ0v) is 12.5. The van der Waals surface area contributed by atoms with Crippen LogP contribution in [0.1, 0.15) is 24.8 Å². The lowest BCUT2D eigenvalue weighted by atomic mass is 10.2. The summed E-state index contributed by atoms with van der Waals surface area (Å²) < 4.78 is 26.3. The van der Waals surface area contributed by atoms with Crippen LogP contribution < -0.4 is 10.0 Å². The third kappa shape index (κ3) is 5.01. The molecule has 6 heteroatoms. The summed E-state index contributed by atoms with van der Waals surface area (Å²) in [6.07, 6.45) is 3.05. The van der Waals surface area contributed by atoms with Gasteiger partial charge in [0, 0.05) is 16.8 Å². The summed E-state index contributed by atoms with van der Waals surface area (Å²) in [5, 5.41) is 3.86. The van der Waals surface area contributed by atoms with Gasteiger partial charge in [0.05, 0.1) is 5.75 Å². The van der Waals surface area contributed by atoms with E-state index in [2.05, 4.69) is 10.0 Å². The van der Waals surface area contributed by atoms with E-state index in [1.54, 1.807) is 18.2 Å². The van der Waals surface area contributed by atoms with Gasteiger partial charge in [-0.05, 0) is 50.4 Å². The van der Waals surface area contributed by atoms with Crippen molar-refractivity contribution in [3.63, 3.8) is 0 Å². The van der Waals surface area contributed by atoms with E-state index in [1.165, 1.54) is 12.8 Å². The van der Waals surface area contributed by atoms with E-state index in [0.717, 1.165) is 12.1 Å². The van der Waals surface area contributed by atoms with E-state index in [9.17, 15) is 8.42 Å². The van der Waals surface area contributed by atoms with Gasteiger partial charge < -0.3 is 5.32 Å². The molecule has 0 heterocycles. The number of rotatable bonds is 7. The number of halogens is 1. The maximum atomic E-state index is 11.9. The molecule has 1 aliphatic carbocycles. The molecular weight excluding hydrogens is 284 g/mol. The van der Waals surface area contributed by atoms with Gasteiger partial charge >= 0.3 is 0 Å². The minimum Gasteiger partial charge on any atom is -0.314 e. The Hall–Kier alpha value is -0.780. The quantitative estimate of drug-likeness (QED) is 0.761. The van der Waals surface area contributed by atoms with E-state index < -0.39 is 10.0 Å². The van der Waals surface area contributed by atoms with E-state index in [-0.39, 0.29) is 5.75 Å². The molecule has 19 heavy (non-hydrogen) atoms. The SMILES string of the molecule is Cc1ccc(NS(=O)(=O)CCCNC2CC2)cc1Cl. The van der Waals surface area contributed by atoms with Crippen LogP contribution in [0.4, 0.5) is 5.69 Å². The first-order chi connectivity index (χ1) is 8.96. The molecule has 106 valence electrons. The van der Waals surface area contributed by atoms with Gasteiger partial charge in [-0.15, -0.1) is 0 Å². The summed E-state index contributed by atoms with van der Waals surface area (Å²) in [6.45, 7) is 2.63. The lowest BCUT2D eigenvalue weighted by Gasteiger charge is -2.09. The van der Waals surface area contributed by atoms with Gasteiger partial charge in [-0.25, -0.2) is 8.42 Å². The van der Waals surface area contributed by atoms with Crippen LogP contribution in [0.25, 0.3) is 0 Å². The summed E-state index contributed by atoms with van der Waals surface area (Å²) >= 11 is 5.97. The number of nitrogens with one attached hydrogen (secondary N) is 2. The fourth-order valence-corrected chi connectivity index (χ4v) is 3.04. The lowest BCUT2D eigenvalue weighted by molar-refractivity contribution is 0.593. The molecule has 2 rings (SSSR count). The predicted molar refractivity (Wildman–Crippen MR) is 79.2 cm³/mol. The summed E-state index contributed by atoms with van der Waals surface area (Å²) in [6, 6.07) is 5.78. The Labute approximate surface area is 119 Å². The molecule has 0 aromatic heterocycles. The molecule has 0 bridgehead atoms. The number of benzene rings is 1. The van der Waals surface area contributed by atoms with Crippen molar-refractivity contribution >= 4 is 27.3 Å². The molecule has 1 aliphatic rings. The zero-order chi connectivity index (χ0) is 13.9. The molecule has 1 saturated carbocycles. The lowest BCUT2D eigenvalue weighted by Crippen LogP contribution is -2.23. The highest BCUT2D eigenvalue weighted by Crippen LogP contribution is 2.21.